The van der Waals surface area contributed by atoms with Gasteiger partial charge in [0.2, 0.25) is 0 Å². The minimum atomic E-state index is -0.350. The van der Waals surface area contributed by atoms with Crippen LogP contribution in [-0.4, -0.2) is 61.4 Å². The van der Waals surface area contributed by atoms with Gasteiger partial charge in [0.15, 0.2) is 0 Å². The van der Waals surface area contributed by atoms with Gasteiger partial charge in [-0.1, -0.05) is 105 Å². The van der Waals surface area contributed by atoms with Crippen molar-refractivity contribution in [3.8, 4) is 0 Å². The smallest absolute Gasteiger partial charge is 0.339 e. The van der Waals surface area contributed by atoms with Crippen LogP contribution in [0.1, 0.15) is 151 Å². The van der Waals surface area contributed by atoms with Gasteiger partial charge in [-0.3, -0.25) is 9.80 Å². The molecule has 0 atom stereocenters. The molecule has 6 nitrogen and oxygen atoms in total. The average Bonchev–Trinajstić information content (AvgIpc) is 2.98. The molecule has 0 saturated carbocycles. The van der Waals surface area contributed by atoms with Crippen LogP contribution in [0.4, 0.5) is 0 Å². The predicted octanol–water partition coefficient (Wildman–Crippen LogP) is 8.84. The number of ether oxygens (including phenoxy) is 2. The number of unbranched alkanes of at least 4 members (excludes halogenated alkanes) is 12. The summed E-state index contributed by atoms with van der Waals surface area (Å²) in [5.41, 5.74) is 0.920. The molecule has 0 spiro atoms. The number of nitrogens with zero attached hydrogens (tertiary/aromatic N) is 2. The Balaban J connectivity index is 2.56. The van der Waals surface area contributed by atoms with Crippen LogP contribution in [-0.2, 0) is 9.47 Å². The van der Waals surface area contributed by atoms with Crippen LogP contribution in [0.25, 0.3) is 0 Å². The molecule has 0 aromatic heterocycles. The van der Waals surface area contributed by atoms with Crippen LogP contribution in [0, 0.1) is 0 Å². The van der Waals surface area contributed by atoms with Crippen molar-refractivity contribution < 1.29 is 19.1 Å². The molecule has 0 radical (unpaired) electrons. The Kier molecular flexibility index (Phi) is 22.4. The first-order valence-electron chi connectivity index (χ1n) is 16.4. The van der Waals surface area contributed by atoms with E-state index in [1.807, 2.05) is 0 Å². The number of hydrogen-bond donors (Lipinski definition) is 0. The van der Waals surface area contributed by atoms with Gasteiger partial charge in [0.05, 0.1) is 11.1 Å². The summed E-state index contributed by atoms with van der Waals surface area (Å²) in [6.45, 7) is 13.3. The Hall–Kier alpha value is -1.92. The maximum atomic E-state index is 12.7. The number of carbonyl (C=O) groups is 2. The summed E-state index contributed by atoms with van der Waals surface area (Å²) in [5, 5.41) is 0. The lowest BCUT2D eigenvalue weighted by molar-refractivity contribution is 0.0195. The first-order chi connectivity index (χ1) is 19.5. The van der Waals surface area contributed by atoms with Gasteiger partial charge in [0, 0.05) is 26.2 Å². The molecule has 230 valence electrons. The first-order valence-corrected chi connectivity index (χ1v) is 16.4. The van der Waals surface area contributed by atoms with Crippen molar-refractivity contribution in [1.82, 2.24) is 9.80 Å². The molecule has 0 aliphatic rings. The molecule has 6 heteroatoms. The number of benzene rings is 1. The number of rotatable bonds is 26. The van der Waals surface area contributed by atoms with Gasteiger partial charge in [-0.15, -0.1) is 0 Å². The van der Waals surface area contributed by atoms with E-state index in [1.165, 1.54) is 77.0 Å². The predicted molar refractivity (Wildman–Crippen MR) is 167 cm³/mol. The third-order valence-corrected chi connectivity index (χ3v) is 7.42. The Labute approximate surface area is 246 Å². The fourth-order valence-electron chi connectivity index (χ4n) is 4.74. The minimum absolute atomic E-state index is 0.313. The maximum Gasteiger partial charge on any atom is 0.339 e. The van der Waals surface area contributed by atoms with Crippen LogP contribution < -0.4 is 0 Å². The average molecular weight is 561 g/mol. The van der Waals surface area contributed by atoms with Gasteiger partial charge >= 0.3 is 11.9 Å². The summed E-state index contributed by atoms with van der Waals surface area (Å²) in [4.78, 5) is 30.0. The van der Waals surface area contributed by atoms with E-state index in [9.17, 15) is 9.59 Å². The number of hydrogen-bond acceptors (Lipinski definition) is 6. The van der Waals surface area contributed by atoms with Crippen LogP contribution in [0.5, 0.6) is 0 Å². The molecular weight excluding hydrogens is 500 g/mol. The highest BCUT2D eigenvalue weighted by atomic mass is 16.5. The van der Waals surface area contributed by atoms with E-state index in [1.54, 1.807) is 24.3 Å². The standard InChI is InChI=1S/C34H60N2O4/c1-5-9-13-17-25-35(26-18-14-10-6-2)29-39-33(37)31-21-23-32(24-22-31)34(38)40-30-36(27-19-15-11-7-3)28-20-16-12-8-4/h21-24H,5-20,25-30H2,1-4H3. The molecule has 1 aromatic carbocycles. The molecule has 1 rings (SSSR count). The first kappa shape index (κ1) is 36.1. The van der Waals surface area contributed by atoms with E-state index in [0.717, 1.165) is 51.9 Å². The molecule has 0 fully saturated rings. The van der Waals surface area contributed by atoms with Gasteiger partial charge < -0.3 is 9.47 Å². The minimum Gasteiger partial charge on any atom is -0.446 e. The molecule has 0 aliphatic heterocycles. The number of carbonyl (C=O) groups excluding carboxylic acids is 2. The summed E-state index contributed by atoms with van der Waals surface area (Å²) in [5.74, 6) is -0.699. The second kappa shape index (κ2) is 24.8. The zero-order valence-electron chi connectivity index (χ0n) is 26.4. The molecule has 0 unspecified atom stereocenters. The molecule has 0 saturated heterocycles. The molecule has 0 aliphatic carbocycles. The third-order valence-electron chi connectivity index (χ3n) is 7.42. The topological polar surface area (TPSA) is 59.1 Å². The lowest BCUT2D eigenvalue weighted by atomic mass is 10.1. The largest absolute Gasteiger partial charge is 0.446 e. The zero-order chi connectivity index (χ0) is 29.3. The highest BCUT2D eigenvalue weighted by Gasteiger charge is 2.14. The second-order valence-electron chi connectivity index (χ2n) is 11.2. The van der Waals surface area contributed by atoms with Crippen molar-refractivity contribution in [3.05, 3.63) is 35.4 Å². The van der Waals surface area contributed by atoms with Crippen molar-refractivity contribution in [3.63, 3.8) is 0 Å². The molecule has 0 bridgehead atoms. The summed E-state index contributed by atoms with van der Waals surface area (Å²) >= 11 is 0. The monoisotopic (exact) mass is 560 g/mol. The van der Waals surface area contributed by atoms with Gasteiger partial charge in [0.25, 0.3) is 0 Å². The highest BCUT2D eigenvalue weighted by molar-refractivity contribution is 5.93. The number of esters is 2. The summed E-state index contributed by atoms with van der Waals surface area (Å²) < 4.78 is 11.3. The van der Waals surface area contributed by atoms with Crippen LogP contribution >= 0.6 is 0 Å². The van der Waals surface area contributed by atoms with Crippen LogP contribution in [0.15, 0.2) is 24.3 Å². The highest BCUT2D eigenvalue weighted by Crippen LogP contribution is 2.11. The van der Waals surface area contributed by atoms with E-state index in [4.69, 9.17) is 9.47 Å². The van der Waals surface area contributed by atoms with E-state index >= 15 is 0 Å². The lowest BCUT2D eigenvalue weighted by Crippen LogP contribution is -2.30. The molecule has 1 aromatic rings. The van der Waals surface area contributed by atoms with Crippen molar-refractivity contribution >= 4 is 11.9 Å². The van der Waals surface area contributed by atoms with Crippen molar-refractivity contribution in [2.75, 3.05) is 39.6 Å². The van der Waals surface area contributed by atoms with Gasteiger partial charge in [-0.2, -0.15) is 0 Å². The van der Waals surface area contributed by atoms with E-state index < -0.39 is 0 Å². The van der Waals surface area contributed by atoms with Crippen molar-refractivity contribution in [2.45, 2.75) is 130 Å². The van der Waals surface area contributed by atoms with Crippen molar-refractivity contribution in [2.24, 2.45) is 0 Å². The zero-order valence-corrected chi connectivity index (χ0v) is 26.4. The van der Waals surface area contributed by atoms with Crippen LogP contribution in [0.2, 0.25) is 0 Å². The van der Waals surface area contributed by atoms with Gasteiger partial charge in [-0.25, -0.2) is 9.59 Å². The Bertz CT molecular complexity index is 666. The molecule has 0 amide bonds. The fraction of sp³-hybridized carbons (Fsp3) is 0.765. The summed E-state index contributed by atoms with van der Waals surface area (Å²) in [6.07, 6.45) is 19.2. The van der Waals surface area contributed by atoms with Crippen molar-refractivity contribution in [1.29, 1.82) is 0 Å². The third kappa shape index (κ3) is 17.7. The Morgan fingerprint density at radius 2 is 0.750 bits per heavy atom. The molecule has 0 heterocycles. The summed E-state index contributed by atoms with van der Waals surface area (Å²) in [6, 6.07) is 6.66. The maximum absolute atomic E-state index is 12.7. The second-order valence-corrected chi connectivity index (χ2v) is 11.2. The summed E-state index contributed by atoms with van der Waals surface area (Å²) in [7, 11) is 0. The molecule has 40 heavy (non-hydrogen) atoms. The molecule has 0 N–H and O–H groups in total. The molecular formula is C34H60N2O4. The van der Waals surface area contributed by atoms with E-state index in [2.05, 4.69) is 37.5 Å². The Morgan fingerprint density at radius 1 is 0.475 bits per heavy atom. The quantitative estimate of drug-likeness (QED) is 0.0641. The van der Waals surface area contributed by atoms with Crippen LogP contribution in [0.3, 0.4) is 0 Å². The SMILES string of the molecule is CCCCCCN(CCCCCC)COC(=O)c1ccc(C(=O)OCN(CCCCCC)CCCCCC)cc1. The lowest BCUT2D eigenvalue weighted by Gasteiger charge is -2.22. The van der Waals surface area contributed by atoms with E-state index in [0.29, 0.717) is 24.6 Å². The normalized spacial score (nSPS) is 11.3. The van der Waals surface area contributed by atoms with Gasteiger partial charge in [-0.05, 0) is 49.9 Å². The fourth-order valence-corrected chi connectivity index (χ4v) is 4.74. The van der Waals surface area contributed by atoms with E-state index in [-0.39, 0.29) is 11.9 Å². The Morgan fingerprint density at radius 3 is 1.00 bits per heavy atom. The van der Waals surface area contributed by atoms with Gasteiger partial charge in [0.1, 0.15) is 13.5 Å².